The van der Waals surface area contributed by atoms with Gasteiger partial charge in [0.15, 0.2) is 11.6 Å². The molecule has 90 valence electrons. The van der Waals surface area contributed by atoms with E-state index >= 15 is 0 Å². The van der Waals surface area contributed by atoms with Gasteiger partial charge in [-0.3, -0.25) is 0 Å². The lowest BCUT2D eigenvalue weighted by molar-refractivity contribution is 0.612. The zero-order chi connectivity index (χ0) is 12.3. The fourth-order valence-electron chi connectivity index (χ4n) is 1.52. The quantitative estimate of drug-likeness (QED) is 0.911. The smallest absolute Gasteiger partial charge is 0.166 e. The second kappa shape index (κ2) is 5.27. The summed E-state index contributed by atoms with van der Waals surface area (Å²) in [7, 11) is 0. The van der Waals surface area contributed by atoms with E-state index in [1.807, 2.05) is 6.92 Å². The van der Waals surface area contributed by atoms with E-state index in [0.717, 1.165) is 12.2 Å². The van der Waals surface area contributed by atoms with Crippen molar-refractivity contribution in [2.24, 2.45) is 0 Å². The number of halogens is 2. The fourth-order valence-corrected chi connectivity index (χ4v) is 1.82. The van der Waals surface area contributed by atoms with Crippen LogP contribution in [0.3, 0.4) is 0 Å². The lowest BCUT2D eigenvalue weighted by atomic mass is 10.2. The van der Waals surface area contributed by atoms with E-state index in [1.165, 1.54) is 6.07 Å². The van der Waals surface area contributed by atoms with Crippen LogP contribution in [0.4, 0.5) is 10.2 Å². The van der Waals surface area contributed by atoms with Crippen LogP contribution in [0, 0.1) is 5.82 Å². The van der Waals surface area contributed by atoms with Crippen molar-refractivity contribution in [3.63, 3.8) is 0 Å². The maximum absolute atomic E-state index is 13.6. The number of hydrogen-bond acceptors (Lipinski definition) is 3. The summed E-state index contributed by atoms with van der Waals surface area (Å²) >= 11 is 3.17. The van der Waals surface area contributed by atoms with Gasteiger partial charge < -0.3 is 10.3 Å². The molecule has 2 aromatic rings. The first-order chi connectivity index (χ1) is 8.20. The van der Waals surface area contributed by atoms with Crippen LogP contribution in [0.2, 0.25) is 0 Å². The summed E-state index contributed by atoms with van der Waals surface area (Å²) in [6.45, 7) is 2.00. The van der Waals surface area contributed by atoms with Gasteiger partial charge in [-0.25, -0.2) is 14.4 Å². The largest absolute Gasteiger partial charge is 0.358 e. The molecule has 2 aromatic heterocycles. The Hall–Kier alpha value is -1.43. The number of aromatic nitrogens is 3. The summed E-state index contributed by atoms with van der Waals surface area (Å²) in [4.78, 5) is 11.2. The second-order valence-corrected chi connectivity index (χ2v) is 4.48. The summed E-state index contributed by atoms with van der Waals surface area (Å²) < 4.78 is 14.2. The highest BCUT2D eigenvalue weighted by Crippen LogP contribution is 2.22. The van der Waals surface area contributed by atoms with E-state index in [1.54, 1.807) is 18.6 Å². The normalized spacial score (nSPS) is 12.4. The average molecular weight is 299 g/mol. The molecule has 0 radical (unpaired) electrons. The molecule has 0 aromatic carbocycles. The first-order valence-corrected chi connectivity index (χ1v) is 6.07. The summed E-state index contributed by atoms with van der Waals surface area (Å²) in [5.74, 6) is 0.623. The highest BCUT2D eigenvalue weighted by atomic mass is 79.9. The van der Waals surface area contributed by atoms with E-state index in [2.05, 4.69) is 36.2 Å². The molecule has 0 aliphatic carbocycles. The van der Waals surface area contributed by atoms with Crippen molar-refractivity contribution in [3.8, 4) is 0 Å². The third-order valence-electron chi connectivity index (χ3n) is 2.38. The van der Waals surface area contributed by atoms with Crippen LogP contribution in [-0.4, -0.2) is 15.0 Å². The fraction of sp³-hybridized carbons (Fsp3) is 0.273. The Morgan fingerprint density at radius 3 is 2.94 bits per heavy atom. The third kappa shape index (κ3) is 2.82. The second-order valence-electron chi connectivity index (χ2n) is 3.56. The lowest BCUT2D eigenvalue weighted by Gasteiger charge is -2.15. The molecule has 0 aliphatic heterocycles. The van der Waals surface area contributed by atoms with Gasteiger partial charge in [0, 0.05) is 23.1 Å². The molecule has 0 spiro atoms. The van der Waals surface area contributed by atoms with Crippen molar-refractivity contribution in [2.45, 2.75) is 19.4 Å². The molecule has 1 unspecified atom stereocenters. The number of aromatic amines is 1. The summed E-state index contributed by atoms with van der Waals surface area (Å²) in [6, 6.07) is 1.30. The summed E-state index contributed by atoms with van der Waals surface area (Å²) in [5, 5.41) is 3.03. The van der Waals surface area contributed by atoms with Crippen LogP contribution in [-0.2, 0) is 0 Å². The molecule has 2 rings (SSSR count). The highest BCUT2D eigenvalue weighted by molar-refractivity contribution is 9.10. The van der Waals surface area contributed by atoms with Crippen LogP contribution >= 0.6 is 15.9 Å². The first kappa shape index (κ1) is 12.0. The number of nitrogens with one attached hydrogen (secondary N) is 2. The molecule has 2 N–H and O–H groups in total. The number of hydrogen-bond donors (Lipinski definition) is 2. The van der Waals surface area contributed by atoms with Crippen LogP contribution in [0.5, 0.6) is 0 Å². The molecule has 1 atom stereocenters. The minimum atomic E-state index is -0.385. The van der Waals surface area contributed by atoms with Crippen molar-refractivity contribution in [3.05, 3.63) is 40.8 Å². The topological polar surface area (TPSA) is 53.6 Å². The number of H-pyrrole nitrogens is 1. The van der Waals surface area contributed by atoms with Crippen LogP contribution in [0.15, 0.2) is 29.1 Å². The van der Waals surface area contributed by atoms with Crippen LogP contribution in [0.25, 0.3) is 0 Å². The molecule has 2 heterocycles. The van der Waals surface area contributed by atoms with E-state index in [-0.39, 0.29) is 17.7 Å². The van der Waals surface area contributed by atoms with Gasteiger partial charge in [0.25, 0.3) is 0 Å². The molecular formula is C11H12BrFN4. The number of rotatable bonds is 4. The van der Waals surface area contributed by atoms with Crippen LogP contribution in [0.1, 0.15) is 25.2 Å². The summed E-state index contributed by atoms with van der Waals surface area (Å²) in [6.07, 6.45) is 5.75. The Balaban J connectivity index is 2.19. The number of nitrogens with zero attached hydrogens (tertiary/aromatic N) is 2. The minimum absolute atomic E-state index is 0.0758. The predicted octanol–water partition coefficient (Wildman–Crippen LogP) is 3.27. The van der Waals surface area contributed by atoms with Gasteiger partial charge in [0.05, 0.1) is 6.04 Å². The number of imidazole rings is 1. The van der Waals surface area contributed by atoms with E-state index in [9.17, 15) is 4.39 Å². The first-order valence-electron chi connectivity index (χ1n) is 5.27. The van der Waals surface area contributed by atoms with E-state index < -0.39 is 0 Å². The Bertz CT molecular complexity index is 486. The van der Waals surface area contributed by atoms with Crippen molar-refractivity contribution >= 4 is 21.7 Å². The number of anilines is 1. The van der Waals surface area contributed by atoms with Crippen molar-refractivity contribution in [1.29, 1.82) is 0 Å². The highest BCUT2D eigenvalue weighted by Gasteiger charge is 2.14. The lowest BCUT2D eigenvalue weighted by Crippen LogP contribution is -2.13. The van der Waals surface area contributed by atoms with Gasteiger partial charge in [-0.15, -0.1) is 0 Å². The Kier molecular flexibility index (Phi) is 3.73. The standard InChI is InChI=1S/C11H12BrFN4/c1-2-9(11-14-3-4-15-11)17-10-8(13)5-7(12)6-16-10/h3-6,9H,2H2,1H3,(H,14,15)(H,16,17). The molecule has 0 amide bonds. The van der Waals surface area contributed by atoms with Crippen molar-refractivity contribution in [1.82, 2.24) is 15.0 Å². The third-order valence-corrected chi connectivity index (χ3v) is 2.81. The molecule has 4 nitrogen and oxygen atoms in total. The zero-order valence-corrected chi connectivity index (χ0v) is 10.8. The minimum Gasteiger partial charge on any atom is -0.358 e. The molecular weight excluding hydrogens is 287 g/mol. The van der Waals surface area contributed by atoms with Crippen molar-refractivity contribution in [2.75, 3.05) is 5.32 Å². The molecule has 6 heteroatoms. The van der Waals surface area contributed by atoms with Crippen LogP contribution < -0.4 is 5.32 Å². The van der Waals surface area contributed by atoms with Gasteiger partial charge in [0.2, 0.25) is 0 Å². The monoisotopic (exact) mass is 298 g/mol. The van der Waals surface area contributed by atoms with Crippen molar-refractivity contribution < 1.29 is 4.39 Å². The predicted molar refractivity (Wildman–Crippen MR) is 67.1 cm³/mol. The Morgan fingerprint density at radius 1 is 1.53 bits per heavy atom. The van der Waals surface area contributed by atoms with Gasteiger partial charge in [-0.2, -0.15) is 0 Å². The van der Waals surface area contributed by atoms with E-state index in [4.69, 9.17) is 0 Å². The molecule has 0 aliphatic rings. The summed E-state index contributed by atoms with van der Waals surface area (Å²) in [5.41, 5.74) is 0. The molecule has 0 saturated carbocycles. The average Bonchev–Trinajstić information content (AvgIpc) is 2.81. The maximum Gasteiger partial charge on any atom is 0.166 e. The maximum atomic E-state index is 13.6. The Labute approximate surface area is 107 Å². The molecule has 0 bridgehead atoms. The molecule has 17 heavy (non-hydrogen) atoms. The van der Waals surface area contributed by atoms with Gasteiger partial charge >= 0.3 is 0 Å². The molecule has 0 fully saturated rings. The number of pyridine rings is 1. The van der Waals surface area contributed by atoms with Gasteiger partial charge in [0.1, 0.15) is 5.82 Å². The SMILES string of the molecule is CCC(Nc1ncc(Br)cc1F)c1ncc[nH]1. The van der Waals surface area contributed by atoms with E-state index in [0.29, 0.717) is 4.47 Å². The Morgan fingerprint density at radius 2 is 2.35 bits per heavy atom. The zero-order valence-electron chi connectivity index (χ0n) is 9.24. The van der Waals surface area contributed by atoms with Gasteiger partial charge in [-0.1, -0.05) is 6.92 Å². The molecule has 0 saturated heterocycles. The van der Waals surface area contributed by atoms with Gasteiger partial charge in [-0.05, 0) is 28.4 Å².